The van der Waals surface area contributed by atoms with Crippen molar-refractivity contribution in [2.24, 2.45) is 0 Å². The summed E-state index contributed by atoms with van der Waals surface area (Å²) < 4.78 is 5.00. The average Bonchev–Trinajstić information content (AvgIpc) is 2.25. The van der Waals surface area contributed by atoms with E-state index >= 15 is 0 Å². The van der Waals surface area contributed by atoms with E-state index in [1.807, 2.05) is 0 Å². The Kier molecular flexibility index (Phi) is 7.72. The molecule has 1 aliphatic heterocycles. The summed E-state index contributed by atoms with van der Waals surface area (Å²) in [6.07, 6.45) is -6.59. The molecule has 1 aliphatic rings. The summed E-state index contributed by atoms with van der Waals surface area (Å²) in [5, 5.41) is 47.8. The molecule has 0 bridgehead atoms. The first-order valence-corrected chi connectivity index (χ1v) is 4.73. The van der Waals surface area contributed by atoms with Gasteiger partial charge in [-0.1, -0.05) is 0 Å². The molecule has 5 atom stereocenters. The number of ether oxygens (including phenoxy) is 1. The maximum atomic E-state index is 10.3. The average molecular weight is 260 g/mol. The van der Waals surface area contributed by atoms with Gasteiger partial charge in [0.25, 0.3) is 0 Å². The third-order valence-corrected chi connectivity index (χ3v) is 2.35. The fourth-order valence-corrected chi connectivity index (χ4v) is 1.46. The van der Waals surface area contributed by atoms with Crippen LogP contribution in [0, 0.1) is 0 Å². The van der Waals surface area contributed by atoms with Gasteiger partial charge in [-0.3, -0.25) is 10.1 Å². The first-order valence-electron chi connectivity index (χ1n) is 4.73. The van der Waals surface area contributed by atoms with Crippen LogP contribution < -0.4 is 34.9 Å². The molecule has 0 aromatic heterocycles. The molecule has 1 heterocycles. The quantitative estimate of drug-likeness (QED) is 0.274. The Morgan fingerprint density at radius 1 is 1.18 bits per heavy atom. The van der Waals surface area contributed by atoms with Crippen LogP contribution in [0.1, 0.15) is 0 Å². The Morgan fingerprint density at radius 2 is 1.76 bits per heavy atom. The monoisotopic (exact) mass is 260 g/mol. The summed E-state index contributed by atoms with van der Waals surface area (Å²) in [5.41, 5.74) is 0. The molecule has 1 saturated heterocycles. The molecule has 1 rings (SSSR count). The Hall–Kier alpha value is 0.230. The Morgan fingerprint density at radius 3 is 2.24 bits per heavy atom. The number of hydrogen-bond donors (Lipinski definition) is 6. The molecule has 0 aromatic rings. The zero-order valence-electron chi connectivity index (χ0n) is 9.35. The Bertz CT molecular complexity index is 252. The first-order chi connectivity index (χ1) is 7.47. The number of aliphatic hydroxyl groups excluding tert-OH is 4. The fourth-order valence-electron chi connectivity index (χ4n) is 1.46. The molecule has 17 heavy (non-hydrogen) atoms. The molecule has 0 aliphatic carbocycles. The maximum Gasteiger partial charge on any atom is 1.00 e. The van der Waals surface area contributed by atoms with Crippen molar-refractivity contribution in [2.75, 3.05) is 13.2 Å². The second-order valence-corrected chi connectivity index (χ2v) is 3.52. The first kappa shape index (κ1) is 17.2. The van der Waals surface area contributed by atoms with E-state index in [0.29, 0.717) is 0 Å². The van der Waals surface area contributed by atoms with Crippen molar-refractivity contribution in [3.8, 4) is 0 Å². The molecule has 0 aromatic carbocycles. The molecule has 6 N–H and O–H groups in total. The van der Waals surface area contributed by atoms with Gasteiger partial charge in [0.2, 0.25) is 0 Å². The number of carboxylic acids is 1. The molecular formula is C8H15NNaO7+. The molecule has 0 saturated carbocycles. The van der Waals surface area contributed by atoms with E-state index in [9.17, 15) is 20.1 Å². The van der Waals surface area contributed by atoms with Gasteiger partial charge >= 0.3 is 35.5 Å². The maximum absolute atomic E-state index is 10.3. The number of aliphatic carboxylic acids is 1. The molecule has 0 amide bonds. The standard InChI is InChI=1S/C8H15NO7.Na/c10-2-3-5(13)6(14)7(15)8(16-3)9-1-4(11)12;/h3,5-10,13-15H,1-2H2,(H,11,12);/q;+1. The summed E-state index contributed by atoms with van der Waals surface area (Å²) in [6, 6.07) is 0. The third kappa shape index (κ3) is 4.43. The molecule has 9 heteroatoms. The van der Waals surface area contributed by atoms with Gasteiger partial charge in [-0.15, -0.1) is 0 Å². The SMILES string of the molecule is O=C(O)CNC1OC(CO)C(O)C(O)C1O.[Na+]. The molecular weight excluding hydrogens is 245 g/mol. The molecule has 0 spiro atoms. The van der Waals surface area contributed by atoms with Crippen LogP contribution in [0.5, 0.6) is 0 Å². The van der Waals surface area contributed by atoms with Crippen molar-refractivity contribution in [2.45, 2.75) is 30.6 Å². The molecule has 1 fully saturated rings. The van der Waals surface area contributed by atoms with Crippen LogP contribution in [0.3, 0.4) is 0 Å². The smallest absolute Gasteiger partial charge is 0.480 e. The Balaban J connectivity index is 0.00000256. The van der Waals surface area contributed by atoms with Gasteiger partial charge in [-0.2, -0.15) is 0 Å². The van der Waals surface area contributed by atoms with E-state index in [4.69, 9.17) is 14.9 Å². The van der Waals surface area contributed by atoms with Gasteiger partial charge in [0.05, 0.1) is 13.2 Å². The third-order valence-electron chi connectivity index (χ3n) is 2.35. The van der Waals surface area contributed by atoms with Crippen molar-refractivity contribution in [3.63, 3.8) is 0 Å². The van der Waals surface area contributed by atoms with Gasteiger partial charge < -0.3 is 30.3 Å². The second-order valence-electron chi connectivity index (χ2n) is 3.52. The van der Waals surface area contributed by atoms with Gasteiger partial charge in [0.1, 0.15) is 30.6 Å². The predicted octanol–water partition coefficient (Wildman–Crippen LogP) is -6.54. The van der Waals surface area contributed by atoms with E-state index < -0.39 is 49.8 Å². The van der Waals surface area contributed by atoms with E-state index in [2.05, 4.69) is 5.32 Å². The number of carboxylic acid groups (broad SMARTS) is 1. The second kappa shape index (κ2) is 7.62. The van der Waals surface area contributed by atoms with Crippen molar-refractivity contribution < 1.29 is 64.6 Å². The van der Waals surface area contributed by atoms with E-state index in [1.165, 1.54) is 0 Å². The van der Waals surface area contributed by atoms with Crippen LogP contribution in [-0.2, 0) is 9.53 Å². The van der Waals surface area contributed by atoms with Crippen LogP contribution in [0.4, 0.5) is 0 Å². The van der Waals surface area contributed by atoms with E-state index in [-0.39, 0.29) is 29.6 Å². The van der Waals surface area contributed by atoms with Gasteiger partial charge in [-0.25, -0.2) is 0 Å². The molecule has 5 unspecified atom stereocenters. The van der Waals surface area contributed by atoms with Crippen LogP contribution in [0.25, 0.3) is 0 Å². The largest absolute Gasteiger partial charge is 1.00 e. The predicted molar refractivity (Wildman–Crippen MR) is 49.4 cm³/mol. The van der Waals surface area contributed by atoms with Crippen LogP contribution in [-0.4, -0.2) is 75.3 Å². The number of carbonyl (C=O) groups is 1. The van der Waals surface area contributed by atoms with Crippen molar-refractivity contribution in [1.29, 1.82) is 0 Å². The minimum Gasteiger partial charge on any atom is -0.480 e. The van der Waals surface area contributed by atoms with Gasteiger partial charge in [0, 0.05) is 0 Å². The van der Waals surface area contributed by atoms with Crippen molar-refractivity contribution >= 4 is 5.97 Å². The summed E-state index contributed by atoms with van der Waals surface area (Å²) >= 11 is 0. The van der Waals surface area contributed by atoms with Crippen molar-refractivity contribution in [1.82, 2.24) is 5.32 Å². The summed E-state index contributed by atoms with van der Waals surface area (Å²) in [6.45, 7) is -1.01. The van der Waals surface area contributed by atoms with Gasteiger partial charge in [0.15, 0.2) is 0 Å². The molecule has 8 nitrogen and oxygen atoms in total. The molecule has 94 valence electrons. The number of aliphatic hydroxyl groups is 4. The van der Waals surface area contributed by atoms with E-state index in [1.54, 1.807) is 0 Å². The zero-order valence-corrected chi connectivity index (χ0v) is 11.4. The minimum atomic E-state index is -1.50. The van der Waals surface area contributed by atoms with Crippen LogP contribution >= 0.6 is 0 Å². The number of hydrogen-bond acceptors (Lipinski definition) is 7. The number of rotatable bonds is 4. The summed E-state index contributed by atoms with van der Waals surface area (Å²) in [5.74, 6) is -1.16. The van der Waals surface area contributed by atoms with Crippen molar-refractivity contribution in [3.05, 3.63) is 0 Å². The summed E-state index contributed by atoms with van der Waals surface area (Å²) in [7, 11) is 0. The normalized spacial score (nSPS) is 37.3. The number of nitrogens with one attached hydrogen (secondary N) is 1. The minimum absolute atomic E-state index is 0. The van der Waals surface area contributed by atoms with E-state index in [0.717, 1.165) is 0 Å². The van der Waals surface area contributed by atoms with Crippen LogP contribution in [0.2, 0.25) is 0 Å². The van der Waals surface area contributed by atoms with Gasteiger partial charge in [-0.05, 0) is 0 Å². The zero-order chi connectivity index (χ0) is 12.3. The fraction of sp³-hybridized carbons (Fsp3) is 0.875. The van der Waals surface area contributed by atoms with Crippen LogP contribution in [0.15, 0.2) is 0 Å². The molecule has 0 radical (unpaired) electrons. The topological polar surface area (TPSA) is 139 Å². The summed E-state index contributed by atoms with van der Waals surface area (Å²) in [4.78, 5) is 10.3. The Labute approximate surface area is 119 Å².